The predicted octanol–water partition coefficient (Wildman–Crippen LogP) is -0.562. The molecule has 0 aromatic rings. The van der Waals surface area contributed by atoms with Crippen LogP contribution >= 0.6 is 0 Å². The lowest BCUT2D eigenvalue weighted by atomic mass is 10.2. The molecule has 0 aromatic carbocycles. The molecule has 0 bridgehead atoms. The molecule has 0 saturated carbocycles. The fraction of sp³-hybridized carbons (Fsp3) is 0.714. The van der Waals surface area contributed by atoms with E-state index in [2.05, 4.69) is 11.9 Å². The molecule has 0 aromatic heterocycles. The van der Waals surface area contributed by atoms with Crippen LogP contribution < -0.4 is 16.8 Å². The Morgan fingerprint density at radius 3 is 2.80 bits per heavy atom. The van der Waals surface area contributed by atoms with E-state index < -0.39 is 0 Å². The lowest BCUT2D eigenvalue weighted by molar-refractivity contribution is 0.585. The lowest BCUT2D eigenvalue weighted by Crippen LogP contribution is -2.35. The third-order valence-electron chi connectivity index (χ3n) is 1.20. The van der Waals surface area contributed by atoms with Gasteiger partial charge < -0.3 is 16.8 Å². The van der Waals surface area contributed by atoms with E-state index in [1.807, 2.05) is 6.08 Å². The molecule has 0 rings (SSSR count). The smallest absolute Gasteiger partial charge is 0.0200 e. The predicted molar refractivity (Wildman–Crippen MR) is 44.7 cm³/mol. The van der Waals surface area contributed by atoms with Gasteiger partial charge >= 0.3 is 0 Å². The van der Waals surface area contributed by atoms with Gasteiger partial charge in [0.05, 0.1) is 0 Å². The summed E-state index contributed by atoms with van der Waals surface area (Å²) in [6.07, 6.45) is 2.69. The van der Waals surface area contributed by atoms with Gasteiger partial charge in [-0.3, -0.25) is 0 Å². The molecule has 0 amide bonds. The highest BCUT2D eigenvalue weighted by molar-refractivity contribution is 4.76. The van der Waals surface area contributed by atoms with Gasteiger partial charge in [0.25, 0.3) is 0 Å². The van der Waals surface area contributed by atoms with E-state index in [4.69, 9.17) is 11.5 Å². The van der Waals surface area contributed by atoms with Crippen LogP contribution in [-0.4, -0.2) is 25.7 Å². The van der Waals surface area contributed by atoms with Crippen LogP contribution in [0.15, 0.2) is 12.7 Å². The van der Waals surface area contributed by atoms with Crippen LogP contribution in [0.4, 0.5) is 0 Å². The standard InChI is InChI=1S/C7H17N3/c1-2-3-7(9)6-10-5-4-8/h2,7,10H,1,3-6,8-9H2. The fourth-order valence-corrected chi connectivity index (χ4v) is 0.687. The normalized spacial score (nSPS) is 13.0. The summed E-state index contributed by atoms with van der Waals surface area (Å²) in [5.74, 6) is 0. The second kappa shape index (κ2) is 6.74. The summed E-state index contributed by atoms with van der Waals surface area (Å²) in [6.45, 7) is 5.92. The van der Waals surface area contributed by atoms with Crippen molar-refractivity contribution in [2.45, 2.75) is 12.5 Å². The largest absolute Gasteiger partial charge is 0.329 e. The Morgan fingerprint density at radius 2 is 2.30 bits per heavy atom. The van der Waals surface area contributed by atoms with E-state index in [1.165, 1.54) is 0 Å². The number of hydrogen-bond donors (Lipinski definition) is 3. The Kier molecular flexibility index (Phi) is 6.48. The number of nitrogens with two attached hydrogens (primary N) is 2. The molecule has 0 aliphatic rings. The zero-order chi connectivity index (χ0) is 7.82. The Hall–Kier alpha value is -0.380. The summed E-state index contributed by atoms with van der Waals surface area (Å²) in [4.78, 5) is 0. The van der Waals surface area contributed by atoms with Crippen LogP contribution in [-0.2, 0) is 0 Å². The van der Waals surface area contributed by atoms with E-state index in [-0.39, 0.29) is 6.04 Å². The Balaban J connectivity index is 3.04. The van der Waals surface area contributed by atoms with E-state index >= 15 is 0 Å². The molecule has 0 aliphatic heterocycles. The summed E-state index contributed by atoms with van der Waals surface area (Å²) >= 11 is 0. The minimum absolute atomic E-state index is 0.184. The molecular formula is C7H17N3. The molecular weight excluding hydrogens is 126 g/mol. The van der Waals surface area contributed by atoms with Crippen LogP contribution in [0.3, 0.4) is 0 Å². The molecule has 3 nitrogen and oxygen atoms in total. The van der Waals surface area contributed by atoms with Crippen LogP contribution in [0, 0.1) is 0 Å². The zero-order valence-corrected chi connectivity index (χ0v) is 6.34. The lowest BCUT2D eigenvalue weighted by Gasteiger charge is -2.08. The first-order chi connectivity index (χ1) is 4.81. The van der Waals surface area contributed by atoms with Gasteiger partial charge in [-0.25, -0.2) is 0 Å². The molecule has 0 heterocycles. The first kappa shape index (κ1) is 9.62. The highest BCUT2D eigenvalue weighted by atomic mass is 14.9. The van der Waals surface area contributed by atoms with Gasteiger partial charge in [0, 0.05) is 25.7 Å². The molecule has 1 unspecified atom stereocenters. The molecule has 60 valence electrons. The van der Waals surface area contributed by atoms with Crippen molar-refractivity contribution in [3.63, 3.8) is 0 Å². The maximum absolute atomic E-state index is 5.65. The molecule has 1 atom stereocenters. The van der Waals surface area contributed by atoms with Crippen molar-refractivity contribution in [2.24, 2.45) is 11.5 Å². The van der Waals surface area contributed by atoms with E-state index in [0.717, 1.165) is 19.5 Å². The molecule has 3 heteroatoms. The Morgan fingerprint density at radius 1 is 1.60 bits per heavy atom. The van der Waals surface area contributed by atoms with E-state index in [9.17, 15) is 0 Å². The van der Waals surface area contributed by atoms with Crippen molar-refractivity contribution in [3.05, 3.63) is 12.7 Å². The quantitative estimate of drug-likeness (QED) is 0.345. The minimum atomic E-state index is 0.184. The van der Waals surface area contributed by atoms with E-state index in [1.54, 1.807) is 0 Å². The van der Waals surface area contributed by atoms with Crippen LogP contribution in [0.2, 0.25) is 0 Å². The van der Waals surface area contributed by atoms with Crippen molar-refractivity contribution in [1.82, 2.24) is 5.32 Å². The maximum Gasteiger partial charge on any atom is 0.0200 e. The van der Waals surface area contributed by atoms with Gasteiger partial charge in [-0.1, -0.05) is 6.08 Å². The van der Waals surface area contributed by atoms with Gasteiger partial charge in [-0.2, -0.15) is 0 Å². The van der Waals surface area contributed by atoms with Gasteiger partial charge in [-0.05, 0) is 6.42 Å². The molecule has 0 spiro atoms. The van der Waals surface area contributed by atoms with E-state index in [0.29, 0.717) is 6.54 Å². The molecule has 0 fully saturated rings. The fourth-order valence-electron chi connectivity index (χ4n) is 0.687. The first-order valence-electron chi connectivity index (χ1n) is 3.58. The summed E-state index contributed by atoms with van der Waals surface area (Å²) in [6, 6.07) is 0.184. The van der Waals surface area contributed by atoms with Crippen LogP contribution in [0.25, 0.3) is 0 Å². The van der Waals surface area contributed by atoms with Crippen LogP contribution in [0.1, 0.15) is 6.42 Å². The van der Waals surface area contributed by atoms with Gasteiger partial charge in [0.1, 0.15) is 0 Å². The third kappa shape index (κ3) is 5.75. The summed E-state index contributed by atoms with van der Waals surface area (Å²) < 4.78 is 0. The maximum atomic E-state index is 5.65. The molecule has 0 radical (unpaired) electrons. The SMILES string of the molecule is C=CCC(N)CNCCN. The third-order valence-corrected chi connectivity index (χ3v) is 1.20. The number of rotatable bonds is 6. The number of hydrogen-bond acceptors (Lipinski definition) is 3. The summed E-state index contributed by atoms with van der Waals surface area (Å²) in [7, 11) is 0. The average Bonchev–Trinajstić information content (AvgIpc) is 1.89. The van der Waals surface area contributed by atoms with Crippen LogP contribution in [0.5, 0.6) is 0 Å². The number of nitrogens with one attached hydrogen (secondary N) is 1. The molecule has 0 saturated heterocycles. The van der Waals surface area contributed by atoms with Crippen molar-refractivity contribution < 1.29 is 0 Å². The van der Waals surface area contributed by atoms with Gasteiger partial charge in [0.2, 0.25) is 0 Å². The highest BCUT2D eigenvalue weighted by Crippen LogP contribution is 1.84. The summed E-state index contributed by atoms with van der Waals surface area (Å²) in [5.41, 5.74) is 10.9. The monoisotopic (exact) mass is 143 g/mol. The zero-order valence-electron chi connectivity index (χ0n) is 6.34. The Labute approximate surface area is 62.5 Å². The van der Waals surface area contributed by atoms with Crippen molar-refractivity contribution >= 4 is 0 Å². The topological polar surface area (TPSA) is 64.1 Å². The van der Waals surface area contributed by atoms with Gasteiger partial charge in [0.15, 0.2) is 0 Å². The van der Waals surface area contributed by atoms with Crippen molar-refractivity contribution in [1.29, 1.82) is 0 Å². The minimum Gasteiger partial charge on any atom is -0.329 e. The molecule has 5 N–H and O–H groups in total. The Bertz CT molecular complexity index is 82.9. The second-order valence-corrected chi connectivity index (χ2v) is 2.28. The van der Waals surface area contributed by atoms with Crippen molar-refractivity contribution in [3.8, 4) is 0 Å². The molecule has 10 heavy (non-hydrogen) atoms. The van der Waals surface area contributed by atoms with Crippen molar-refractivity contribution in [2.75, 3.05) is 19.6 Å². The average molecular weight is 143 g/mol. The second-order valence-electron chi connectivity index (χ2n) is 2.28. The first-order valence-corrected chi connectivity index (χ1v) is 3.58. The molecule has 0 aliphatic carbocycles. The summed E-state index contributed by atoms with van der Waals surface area (Å²) in [5, 5.41) is 3.12. The highest BCUT2D eigenvalue weighted by Gasteiger charge is 1.96. The van der Waals surface area contributed by atoms with Gasteiger partial charge in [-0.15, -0.1) is 6.58 Å².